The van der Waals surface area contributed by atoms with E-state index >= 15 is 0 Å². The van der Waals surface area contributed by atoms with Crippen molar-refractivity contribution in [3.8, 4) is 11.8 Å². The van der Waals surface area contributed by atoms with Gasteiger partial charge in [-0.1, -0.05) is 43.7 Å². The highest BCUT2D eigenvalue weighted by atomic mass is 16.5. The van der Waals surface area contributed by atoms with Crippen molar-refractivity contribution in [1.82, 2.24) is 14.9 Å². The highest BCUT2D eigenvalue weighted by Crippen LogP contribution is 2.36. The SMILES string of the molecule is C=CC(=O)N1CCN(c2nc(OCCC3CCC[C@H](OC)C3)nc3c2CCN(c2cc(O)cc4ccccc24)C3)CC1. The molecule has 1 saturated carbocycles. The number of carbonyl (C=O) groups excluding carboxylic acids is 1. The maximum absolute atomic E-state index is 12.2. The maximum atomic E-state index is 12.2. The largest absolute Gasteiger partial charge is 0.508 e. The molecule has 1 N–H and O–H groups in total. The van der Waals surface area contributed by atoms with Gasteiger partial charge in [-0.05, 0) is 49.1 Å². The van der Waals surface area contributed by atoms with Crippen LogP contribution < -0.4 is 14.5 Å². The van der Waals surface area contributed by atoms with E-state index in [1.807, 2.05) is 36.3 Å². The number of carbonyl (C=O) groups is 1. The van der Waals surface area contributed by atoms with E-state index in [-0.39, 0.29) is 11.7 Å². The lowest BCUT2D eigenvalue weighted by molar-refractivity contribution is -0.126. The zero-order chi connectivity index (χ0) is 29.1. The topological polar surface area (TPSA) is 91.3 Å². The molecular weight excluding hydrogens is 530 g/mol. The van der Waals surface area contributed by atoms with E-state index in [0.717, 1.165) is 65.8 Å². The number of rotatable bonds is 8. The first kappa shape index (κ1) is 28.3. The molecule has 2 aromatic carbocycles. The molecule has 2 aliphatic heterocycles. The molecule has 1 amide bonds. The van der Waals surface area contributed by atoms with Crippen LogP contribution in [0.15, 0.2) is 49.1 Å². The molecule has 6 rings (SSSR count). The monoisotopic (exact) mass is 571 g/mol. The minimum Gasteiger partial charge on any atom is -0.508 e. The Morgan fingerprint density at radius 3 is 2.74 bits per heavy atom. The van der Waals surface area contributed by atoms with Gasteiger partial charge in [-0.2, -0.15) is 9.97 Å². The van der Waals surface area contributed by atoms with Gasteiger partial charge in [0.2, 0.25) is 5.91 Å². The Hall–Kier alpha value is -3.85. The van der Waals surface area contributed by atoms with Crippen LogP contribution in [0, 0.1) is 5.92 Å². The van der Waals surface area contributed by atoms with Crippen LogP contribution in [-0.4, -0.2) is 78.4 Å². The third-order valence-electron chi connectivity index (χ3n) is 9.08. The van der Waals surface area contributed by atoms with Crippen molar-refractivity contribution in [3.63, 3.8) is 0 Å². The number of aromatic nitrogens is 2. The number of methoxy groups -OCH3 is 1. The van der Waals surface area contributed by atoms with Crippen molar-refractivity contribution in [2.24, 2.45) is 5.92 Å². The summed E-state index contributed by atoms with van der Waals surface area (Å²) < 4.78 is 11.9. The standard InChI is InChI=1S/C33H41N5O4/c1-3-31(40)36-14-16-37(17-15-36)32-28-11-13-38(30-21-25(39)20-24-8-4-5-10-27(24)30)22-29(28)34-33(35-32)42-18-12-23-7-6-9-26(19-23)41-2/h3-5,8,10,20-21,23,26,39H,1,6-7,9,11-19,22H2,2H3/t23?,26-/m0/s1. The average molecular weight is 572 g/mol. The molecule has 3 aromatic rings. The van der Waals surface area contributed by atoms with Crippen LogP contribution in [0.1, 0.15) is 43.4 Å². The first-order valence-electron chi connectivity index (χ1n) is 15.2. The van der Waals surface area contributed by atoms with E-state index < -0.39 is 0 Å². The second-order valence-corrected chi connectivity index (χ2v) is 11.7. The lowest BCUT2D eigenvalue weighted by atomic mass is 9.85. The fourth-order valence-electron chi connectivity index (χ4n) is 6.76. The summed E-state index contributed by atoms with van der Waals surface area (Å²) in [5.74, 6) is 1.73. The summed E-state index contributed by atoms with van der Waals surface area (Å²) in [6, 6.07) is 12.2. The highest BCUT2D eigenvalue weighted by Gasteiger charge is 2.29. The number of anilines is 2. The van der Waals surface area contributed by atoms with E-state index in [1.54, 1.807) is 6.07 Å². The fourth-order valence-corrected chi connectivity index (χ4v) is 6.76. The Labute approximate surface area is 247 Å². The predicted octanol–water partition coefficient (Wildman–Crippen LogP) is 4.71. The van der Waals surface area contributed by atoms with E-state index in [1.165, 1.54) is 18.9 Å². The molecule has 3 aliphatic rings. The van der Waals surface area contributed by atoms with Gasteiger partial charge in [0.15, 0.2) is 0 Å². The molecule has 9 nitrogen and oxygen atoms in total. The number of ether oxygens (including phenoxy) is 2. The first-order chi connectivity index (χ1) is 20.5. The zero-order valence-electron chi connectivity index (χ0n) is 24.5. The number of benzene rings is 2. The quantitative estimate of drug-likeness (QED) is 0.389. The summed E-state index contributed by atoms with van der Waals surface area (Å²) in [5, 5.41) is 12.6. The van der Waals surface area contributed by atoms with Crippen molar-refractivity contribution in [2.75, 3.05) is 56.2 Å². The molecule has 9 heteroatoms. The fraction of sp³-hybridized carbons (Fsp3) is 0.485. The predicted molar refractivity (Wildman–Crippen MR) is 164 cm³/mol. The van der Waals surface area contributed by atoms with Gasteiger partial charge in [0, 0.05) is 62.5 Å². The molecular formula is C33H41N5O4. The molecule has 2 fully saturated rings. The molecule has 3 heterocycles. The van der Waals surface area contributed by atoms with Crippen LogP contribution in [0.2, 0.25) is 0 Å². The van der Waals surface area contributed by atoms with E-state index in [2.05, 4.69) is 22.4 Å². The Bertz CT molecular complexity index is 1440. The summed E-state index contributed by atoms with van der Waals surface area (Å²) in [7, 11) is 1.81. The molecule has 0 spiro atoms. The number of nitrogens with zero attached hydrogens (tertiary/aromatic N) is 5. The van der Waals surface area contributed by atoms with Crippen molar-refractivity contribution in [1.29, 1.82) is 0 Å². The zero-order valence-corrected chi connectivity index (χ0v) is 24.5. The van der Waals surface area contributed by atoms with Crippen LogP contribution in [0.4, 0.5) is 11.5 Å². The van der Waals surface area contributed by atoms with Crippen molar-refractivity contribution in [2.45, 2.75) is 51.2 Å². The maximum Gasteiger partial charge on any atom is 0.318 e. The smallest absolute Gasteiger partial charge is 0.318 e. The van der Waals surface area contributed by atoms with Crippen LogP contribution in [0.5, 0.6) is 11.8 Å². The molecule has 0 radical (unpaired) electrons. The summed E-state index contributed by atoms with van der Waals surface area (Å²) in [6.45, 7) is 8.25. The number of fused-ring (bicyclic) bond motifs is 2. The summed E-state index contributed by atoms with van der Waals surface area (Å²) in [5.41, 5.74) is 3.09. The van der Waals surface area contributed by atoms with Crippen molar-refractivity contribution < 1.29 is 19.4 Å². The van der Waals surface area contributed by atoms with Gasteiger partial charge >= 0.3 is 6.01 Å². The molecule has 1 aromatic heterocycles. The third-order valence-corrected chi connectivity index (χ3v) is 9.08. The minimum atomic E-state index is -0.0317. The molecule has 42 heavy (non-hydrogen) atoms. The second-order valence-electron chi connectivity index (χ2n) is 11.7. The molecule has 222 valence electrons. The normalized spacial score (nSPS) is 20.8. The number of piperazine rings is 1. The third kappa shape index (κ3) is 6.02. The van der Waals surface area contributed by atoms with Crippen LogP contribution in [-0.2, 0) is 22.5 Å². The van der Waals surface area contributed by atoms with E-state index in [9.17, 15) is 9.90 Å². The molecule has 1 saturated heterocycles. The lowest BCUT2D eigenvalue weighted by Crippen LogP contribution is -2.49. The average Bonchev–Trinajstić information content (AvgIpc) is 3.03. The number of amides is 1. The van der Waals surface area contributed by atoms with Gasteiger partial charge in [0.1, 0.15) is 11.6 Å². The molecule has 0 bridgehead atoms. The first-order valence-corrected chi connectivity index (χ1v) is 15.2. The number of phenolic OH excluding ortho intramolecular Hbond substituents is 1. The van der Waals surface area contributed by atoms with Gasteiger partial charge in [-0.15, -0.1) is 0 Å². The highest BCUT2D eigenvalue weighted by molar-refractivity contribution is 5.95. The van der Waals surface area contributed by atoms with Crippen LogP contribution >= 0.6 is 0 Å². The Kier molecular flexibility index (Phi) is 8.46. The number of hydrogen-bond acceptors (Lipinski definition) is 8. The lowest BCUT2D eigenvalue weighted by Gasteiger charge is -2.38. The summed E-state index contributed by atoms with van der Waals surface area (Å²) in [4.78, 5) is 28.5. The molecule has 1 unspecified atom stereocenters. The van der Waals surface area contributed by atoms with Gasteiger partial charge in [-0.3, -0.25) is 4.79 Å². The number of hydrogen-bond donors (Lipinski definition) is 1. The second kappa shape index (κ2) is 12.6. The summed E-state index contributed by atoms with van der Waals surface area (Å²) >= 11 is 0. The minimum absolute atomic E-state index is 0.0317. The molecule has 1 aliphatic carbocycles. The Morgan fingerprint density at radius 2 is 1.93 bits per heavy atom. The van der Waals surface area contributed by atoms with Crippen molar-refractivity contribution in [3.05, 3.63) is 60.3 Å². The van der Waals surface area contributed by atoms with Gasteiger partial charge in [0.25, 0.3) is 0 Å². The van der Waals surface area contributed by atoms with Crippen LogP contribution in [0.3, 0.4) is 0 Å². The van der Waals surface area contributed by atoms with Crippen LogP contribution in [0.25, 0.3) is 10.8 Å². The van der Waals surface area contributed by atoms with Gasteiger partial charge < -0.3 is 29.3 Å². The van der Waals surface area contributed by atoms with E-state index in [0.29, 0.717) is 57.4 Å². The van der Waals surface area contributed by atoms with E-state index in [4.69, 9.17) is 19.4 Å². The van der Waals surface area contributed by atoms with Gasteiger partial charge in [0.05, 0.1) is 24.9 Å². The number of phenols is 1. The Morgan fingerprint density at radius 1 is 1.10 bits per heavy atom. The molecule has 2 atom stereocenters. The Balaban J connectivity index is 1.25. The van der Waals surface area contributed by atoms with Crippen molar-refractivity contribution >= 4 is 28.2 Å². The number of aromatic hydroxyl groups is 1. The summed E-state index contributed by atoms with van der Waals surface area (Å²) in [6.07, 6.45) is 8.10. The van der Waals surface area contributed by atoms with Gasteiger partial charge in [-0.25, -0.2) is 0 Å².